The van der Waals surface area contributed by atoms with E-state index in [4.69, 9.17) is 9.15 Å². The maximum absolute atomic E-state index is 12.8. The topological polar surface area (TPSA) is 80.6 Å². The number of hydrogen-bond donors (Lipinski definition) is 2. The molecule has 6 nitrogen and oxygen atoms in total. The zero-order valence-electron chi connectivity index (χ0n) is 16.4. The number of nitrogens with one attached hydrogen (secondary N) is 2. The Bertz CT molecular complexity index is 921. The molecule has 2 N–H and O–H groups in total. The normalized spacial score (nSPS) is 12.6. The summed E-state index contributed by atoms with van der Waals surface area (Å²) in [5.41, 5.74) is 2.23. The van der Waals surface area contributed by atoms with Gasteiger partial charge in [-0.1, -0.05) is 42.5 Å². The Morgan fingerprint density at radius 1 is 0.966 bits per heavy atom. The number of hydrogen-bond acceptors (Lipinski definition) is 4. The molecule has 2 atom stereocenters. The third kappa shape index (κ3) is 5.25. The van der Waals surface area contributed by atoms with Gasteiger partial charge in [0.25, 0.3) is 5.91 Å². The minimum atomic E-state index is -0.716. The first-order valence-electron chi connectivity index (χ1n) is 9.49. The lowest BCUT2D eigenvalue weighted by atomic mass is 9.98. The van der Waals surface area contributed by atoms with E-state index in [1.165, 1.54) is 12.5 Å². The molecular weight excluding hydrogens is 368 g/mol. The highest BCUT2D eigenvalue weighted by Crippen LogP contribution is 2.24. The Morgan fingerprint density at radius 2 is 1.66 bits per heavy atom. The molecule has 0 aliphatic carbocycles. The zero-order valence-corrected chi connectivity index (χ0v) is 16.4. The van der Waals surface area contributed by atoms with Crippen LogP contribution in [0, 0.1) is 0 Å². The van der Waals surface area contributed by atoms with Crippen LogP contribution in [0.1, 0.15) is 41.4 Å². The number of rotatable bonds is 8. The van der Waals surface area contributed by atoms with Crippen LogP contribution < -0.4 is 15.4 Å². The van der Waals surface area contributed by atoms with Gasteiger partial charge in [-0.2, -0.15) is 0 Å². The van der Waals surface area contributed by atoms with Crippen molar-refractivity contribution in [2.24, 2.45) is 0 Å². The van der Waals surface area contributed by atoms with Crippen molar-refractivity contribution in [2.45, 2.75) is 25.9 Å². The summed E-state index contributed by atoms with van der Waals surface area (Å²) in [6.07, 6.45) is 2.75. The van der Waals surface area contributed by atoms with Crippen LogP contribution >= 0.6 is 0 Å². The average Bonchev–Trinajstić information content (AvgIpc) is 3.28. The van der Waals surface area contributed by atoms with E-state index in [0.29, 0.717) is 12.2 Å². The number of furan rings is 1. The minimum Gasteiger partial charge on any atom is -0.494 e. The van der Waals surface area contributed by atoms with Crippen molar-refractivity contribution >= 4 is 11.8 Å². The zero-order chi connectivity index (χ0) is 20.6. The van der Waals surface area contributed by atoms with Crippen LogP contribution in [0.15, 0.2) is 77.6 Å². The Morgan fingerprint density at radius 3 is 2.28 bits per heavy atom. The van der Waals surface area contributed by atoms with E-state index in [9.17, 15) is 9.59 Å². The molecule has 2 unspecified atom stereocenters. The van der Waals surface area contributed by atoms with Crippen molar-refractivity contribution in [3.63, 3.8) is 0 Å². The van der Waals surface area contributed by atoms with E-state index in [1.807, 2.05) is 61.5 Å². The van der Waals surface area contributed by atoms with E-state index >= 15 is 0 Å². The summed E-state index contributed by atoms with van der Waals surface area (Å²) in [5, 5.41) is 5.72. The summed E-state index contributed by atoms with van der Waals surface area (Å²) in [6, 6.07) is 17.8. The SMILES string of the molecule is CCOc1ccc(C(NC(=O)C(C)NC(=O)c2ccoc2)c2ccccc2)cc1. The standard InChI is InChI=1S/C23H24N2O4/c1-3-29-20-11-9-18(10-12-20)21(17-7-5-4-6-8-17)25-22(26)16(2)24-23(27)19-13-14-28-15-19/h4-16,21H,3H2,1-2H3,(H,24,27)(H,25,26). The smallest absolute Gasteiger partial charge is 0.255 e. The highest BCUT2D eigenvalue weighted by molar-refractivity contribution is 5.97. The van der Waals surface area contributed by atoms with Gasteiger partial charge in [0.05, 0.1) is 24.5 Å². The van der Waals surface area contributed by atoms with Crippen LogP contribution in [0.5, 0.6) is 5.75 Å². The van der Waals surface area contributed by atoms with Gasteiger partial charge < -0.3 is 19.8 Å². The minimum absolute atomic E-state index is 0.287. The first kappa shape index (κ1) is 20.2. The van der Waals surface area contributed by atoms with Gasteiger partial charge in [-0.05, 0) is 43.2 Å². The molecule has 2 amide bonds. The number of benzene rings is 2. The summed E-state index contributed by atoms with van der Waals surface area (Å²) < 4.78 is 10.4. The van der Waals surface area contributed by atoms with Gasteiger partial charge in [-0.15, -0.1) is 0 Å². The van der Waals surface area contributed by atoms with Crippen LogP contribution in [0.4, 0.5) is 0 Å². The van der Waals surface area contributed by atoms with Crippen LogP contribution in [-0.4, -0.2) is 24.5 Å². The van der Waals surface area contributed by atoms with Gasteiger partial charge in [-0.25, -0.2) is 0 Å². The molecule has 2 aromatic carbocycles. The third-order valence-corrected chi connectivity index (χ3v) is 4.47. The lowest BCUT2D eigenvalue weighted by molar-refractivity contribution is -0.123. The second-order valence-corrected chi connectivity index (χ2v) is 6.56. The van der Waals surface area contributed by atoms with Crippen LogP contribution in [0.3, 0.4) is 0 Å². The maximum Gasteiger partial charge on any atom is 0.255 e. The third-order valence-electron chi connectivity index (χ3n) is 4.47. The fourth-order valence-corrected chi connectivity index (χ4v) is 2.93. The highest BCUT2D eigenvalue weighted by atomic mass is 16.5. The largest absolute Gasteiger partial charge is 0.494 e. The molecule has 1 aromatic heterocycles. The quantitative estimate of drug-likeness (QED) is 0.613. The molecule has 0 radical (unpaired) electrons. The second kappa shape index (κ2) is 9.59. The molecule has 29 heavy (non-hydrogen) atoms. The summed E-state index contributed by atoms with van der Waals surface area (Å²) in [7, 11) is 0. The fraction of sp³-hybridized carbons (Fsp3) is 0.217. The van der Waals surface area contributed by atoms with E-state index in [0.717, 1.165) is 16.9 Å². The summed E-state index contributed by atoms with van der Waals surface area (Å²) in [4.78, 5) is 25.0. The van der Waals surface area contributed by atoms with Crippen molar-refractivity contribution in [3.05, 3.63) is 89.9 Å². The van der Waals surface area contributed by atoms with Gasteiger partial charge in [0.15, 0.2) is 0 Å². The maximum atomic E-state index is 12.8. The summed E-state index contributed by atoms with van der Waals surface area (Å²) in [6.45, 7) is 4.17. The van der Waals surface area contributed by atoms with Gasteiger partial charge in [-0.3, -0.25) is 9.59 Å². The molecule has 0 fully saturated rings. The van der Waals surface area contributed by atoms with Crippen LogP contribution in [0.2, 0.25) is 0 Å². The van der Waals surface area contributed by atoms with Gasteiger partial charge in [0.2, 0.25) is 5.91 Å². The van der Waals surface area contributed by atoms with E-state index in [1.54, 1.807) is 13.0 Å². The Kier molecular flexibility index (Phi) is 6.68. The van der Waals surface area contributed by atoms with Crippen LogP contribution in [0.25, 0.3) is 0 Å². The van der Waals surface area contributed by atoms with Crippen molar-refractivity contribution < 1.29 is 18.7 Å². The summed E-state index contributed by atoms with van der Waals surface area (Å²) in [5.74, 6) is 0.124. The molecule has 0 aliphatic heterocycles. The molecule has 150 valence electrons. The van der Waals surface area contributed by atoms with Crippen molar-refractivity contribution in [2.75, 3.05) is 6.61 Å². The first-order chi connectivity index (χ1) is 14.1. The Labute approximate surface area is 169 Å². The highest BCUT2D eigenvalue weighted by Gasteiger charge is 2.22. The second-order valence-electron chi connectivity index (χ2n) is 6.56. The predicted octanol–water partition coefficient (Wildman–Crippen LogP) is 3.70. The van der Waals surface area contributed by atoms with E-state index in [-0.39, 0.29) is 17.9 Å². The van der Waals surface area contributed by atoms with Gasteiger partial charge in [0.1, 0.15) is 18.1 Å². The molecule has 0 saturated carbocycles. The molecule has 0 aliphatic rings. The number of ether oxygens (including phenoxy) is 1. The molecule has 0 spiro atoms. The van der Waals surface area contributed by atoms with E-state index < -0.39 is 6.04 Å². The molecule has 6 heteroatoms. The molecule has 3 aromatic rings. The summed E-state index contributed by atoms with van der Waals surface area (Å²) >= 11 is 0. The number of carbonyl (C=O) groups is 2. The molecule has 0 saturated heterocycles. The number of carbonyl (C=O) groups excluding carboxylic acids is 2. The average molecular weight is 392 g/mol. The lowest BCUT2D eigenvalue weighted by Gasteiger charge is -2.23. The number of amides is 2. The Hall–Kier alpha value is -3.54. The predicted molar refractivity (Wildman–Crippen MR) is 110 cm³/mol. The van der Waals surface area contributed by atoms with Crippen molar-refractivity contribution in [1.82, 2.24) is 10.6 Å². The van der Waals surface area contributed by atoms with E-state index in [2.05, 4.69) is 10.6 Å². The van der Waals surface area contributed by atoms with Crippen molar-refractivity contribution in [3.8, 4) is 5.75 Å². The lowest BCUT2D eigenvalue weighted by Crippen LogP contribution is -2.46. The molecule has 1 heterocycles. The van der Waals surface area contributed by atoms with Gasteiger partial charge in [0, 0.05) is 0 Å². The van der Waals surface area contributed by atoms with Gasteiger partial charge >= 0.3 is 0 Å². The monoisotopic (exact) mass is 392 g/mol. The molecular formula is C23H24N2O4. The van der Waals surface area contributed by atoms with Crippen LogP contribution in [-0.2, 0) is 4.79 Å². The molecule has 3 rings (SSSR count). The Balaban J connectivity index is 1.76. The molecule has 0 bridgehead atoms. The fourth-order valence-electron chi connectivity index (χ4n) is 2.93. The van der Waals surface area contributed by atoms with Crippen molar-refractivity contribution in [1.29, 1.82) is 0 Å². The first-order valence-corrected chi connectivity index (χ1v) is 9.49.